The Kier molecular flexibility index (Phi) is 3.42. The predicted molar refractivity (Wildman–Crippen MR) is 63.7 cm³/mol. The van der Waals surface area contributed by atoms with E-state index in [1.165, 1.54) is 38.5 Å². The minimum atomic E-state index is 0.123. The van der Waals surface area contributed by atoms with Crippen LogP contribution in [0.15, 0.2) is 6.20 Å². The number of carbonyl (C=O) groups excluding carboxylic acids is 1. The first-order valence-corrected chi connectivity index (χ1v) is 6.25. The molecule has 16 heavy (non-hydrogen) atoms. The van der Waals surface area contributed by atoms with Gasteiger partial charge in [-0.15, -0.1) is 0 Å². The van der Waals surface area contributed by atoms with Gasteiger partial charge in [-0.25, -0.2) is 0 Å². The fourth-order valence-corrected chi connectivity index (χ4v) is 2.64. The maximum atomic E-state index is 11.4. The van der Waals surface area contributed by atoms with Gasteiger partial charge in [-0.05, 0) is 26.7 Å². The molecule has 1 aliphatic carbocycles. The molecular formula is C13H20N2O. The lowest BCUT2D eigenvalue weighted by atomic mass is 10.1. The summed E-state index contributed by atoms with van der Waals surface area (Å²) in [7, 11) is 0. The Hall–Kier alpha value is -1.12. The van der Waals surface area contributed by atoms with Gasteiger partial charge in [0, 0.05) is 5.69 Å². The number of Topliss-reactive ketones (excluding diaryl/α,β-unsaturated/α-hetero) is 1. The molecule has 3 nitrogen and oxygen atoms in total. The number of carbonyl (C=O) groups is 1. The fraction of sp³-hybridized carbons (Fsp3) is 0.692. The van der Waals surface area contributed by atoms with Crippen LogP contribution in [0, 0.1) is 6.92 Å². The van der Waals surface area contributed by atoms with Crippen molar-refractivity contribution < 1.29 is 4.79 Å². The van der Waals surface area contributed by atoms with Crippen LogP contribution in [0.3, 0.4) is 0 Å². The van der Waals surface area contributed by atoms with E-state index in [0.29, 0.717) is 6.04 Å². The van der Waals surface area contributed by atoms with Crippen molar-refractivity contribution in [3.8, 4) is 0 Å². The summed E-state index contributed by atoms with van der Waals surface area (Å²) in [5.74, 6) is 0.123. The van der Waals surface area contributed by atoms with E-state index in [-0.39, 0.29) is 5.78 Å². The number of hydrogen-bond acceptors (Lipinski definition) is 2. The molecule has 1 saturated carbocycles. The van der Waals surface area contributed by atoms with Gasteiger partial charge < -0.3 is 0 Å². The van der Waals surface area contributed by atoms with Gasteiger partial charge in [0.2, 0.25) is 0 Å². The highest BCUT2D eigenvalue weighted by Crippen LogP contribution is 2.28. The summed E-state index contributed by atoms with van der Waals surface area (Å²) < 4.78 is 2.07. The molecule has 3 heteroatoms. The van der Waals surface area contributed by atoms with E-state index in [0.717, 1.165) is 11.3 Å². The number of rotatable bonds is 2. The first kappa shape index (κ1) is 11.4. The smallest absolute Gasteiger partial charge is 0.163 e. The van der Waals surface area contributed by atoms with Gasteiger partial charge in [-0.1, -0.05) is 25.7 Å². The first-order chi connectivity index (χ1) is 7.70. The van der Waals surface area contributed by atoms with Crippen LogP contribution >= 0.6 is 0 Å². The molecule has 2 rings (SSSR count). The zero-order valence-corrected chi connectivity index (χ0v) is 10.2. The number of ketones is 1. The van der Waals surface area contributed by atoms with Gasteiger partial charge in [-0.2, -0.15) is 5.10 Å². The van der Waals surface area contributed by atoms with Crippen molar-refractivity contribution in [1.82, 2.24) is 9.78 Å². The predicted octanol–water partition coefficient (Wildman–Crippen LogP) is 3.29. The minimum absolute atomic E-state index is 0.123. The van der Waals surface area contributed by atoms with Crippen LogP contribution in [0.5, 0.6) is 0 Å². The maximum absolute atomic E-state index is 11.4. The topological polar surface area (TPSA) is 34.9 Å². The monoisotopic (exact) mass is 220 g/mol. The summed E-state index contributed by atoms with van der Waals surface area (Å²) in [6, 6.07) is 0.510. The highest BCUT2D eigenvalue weighted by molar-refractivity contribution is 5.94. The van der Waals surface area contributed by atoms with Gasteiger partial charge in [0.25, 0.3) is 0 Å². The van der Waals surface area contributed by atoms with Crippen LogP contribution in [0.4, 0.5) is 0 Å². The van der Waals surface area contributed by atoms with E-state index in [9.17, 15) is 4.79 Å². The third kappa shape index (κ3) is 2.18. The summed E-state index contributed by atoms with van der Waals surface area (Å²) >= 11 is 0. The molecule has 1 heterocycles. The lowest BCUT2D eigenvalue weighted by Gasteiger charge is -2.16. The standard InChI is InChI=1S/C13H20N2O/c1-10-13(11(2)16)9-14-15(10)12-7-5-3-4-6-8-12/h9,12H,3-8H2,1-2H3. The van der Waals surface area contributed by atoms with Gasteiger partial charge >= 0.3 is 0 Å². The quantitative estimate of drug-likeness (QED) is 0.566. The second kappa shape index (κ2) is 4.81. The molecule has 1 aliphatic rings. The molecule has 0 amide bonds. The molecule has 1 aromatic rings. The number of hydrogen-bond donors (Lipinski definition) is 0. The summed E-state index contributed by atoms with van der Waals surface area (Å²) in [6.45, 7) is 3.62. The lowest BCUT2D eigenvalue weighted by Crippen LogP contribution is -2.12. The normalized spacial score (nSPS) is 18.4. The Morgan fingerprint density at radius 2 is 1.94 bits per heavy atom. The molecule has 1 aromatic heterocycles. The molecule has 0 aromatic carbocycles. The van der Waals surface area contributed by atoms with Gasteiger partial charge in [0.15, 0.2) is 5.78 Å². The van der Waals surface area contributed by atoms with E-state index in [4.69, 9.17) is 0 Å². The molecule has 0 saturated heterocycles. The Morgan fingerprint density at radius 3 is 2.44 bits per heavy atom. The fourth-order valence-electron chi connectivity index (χ4n) is 2.64. The maximum Gasteiger partial charge on any atom is 0.163 e. The average molecular weight is 220 g/mol. The first-order valence-electron chi connectivity index (χ1n) is 6.25. The van der Waals surface area contributed by atoms with Gasteiger partial charge in [0.1, 0.15) is 0 Å². The van der Waals surface area contributed by atoms with Crippen molar-refractivity contribution in [2.24, 2.45) is 0 Å². The van der Waals surface area contributed by atoms with E-state index < -0.39 is 0 Å². The minimum Gasteiger partial charge on any atom is -0.294 e. The molecule has 0 bridgehead atoms. The van der Waals surface area contributed by atoms with Crippen LogP contribution < -0.4 is 0 Å². The van der Waals surface area contributed by atoms with E-state index in [2.05, 4.69) is 9.78 Å². The highest BCUT2D eigenvalue weighted by atomic mass is 16.1. The molecule has 0 atom stereocenters. The van der Waals surface area contributed by atoms with Gasteiger partial charge in [0.05, 0.1) is 17.8 Å². The summed E-state index contributed by atoms with van der Waals surface area (Å²) in [5, 5.41) is 4.40. The Bertz CT molecular complexity index is 373. The summed E-state index contributed by atoms with van der Waals surface area (Å²) in [6.07, 6.45) is 9.41. The van der Waals surface area contributed by atoms with Crippen LogP contribution in [0.25, 0.3) is 0 Å². The van der Waals surface area contributed by atoms with Crippen LogP contribution in [-0.4, -0.2) is 15.6 Å². The number of aromatic nitrogens is 2. The van der Waals surface area contributed by atoms with Crippen LogP contribution in [0.1, 0.15) is 67.5 Å². The zero-order chi connectivity index (χ0) is 11.5. The van der Waals surface area contributed by atoms with Crippen molar-refractivity contribution in [1.29, 1.82) is 0 Å². The summed E-state index contributed by atoms with van der Waals surface area (Å²) in [5.41, 5.74) is 1.82. The molecule has 0 unspecified atom stereocenters. The zero-order valence-electron chi connectivity index (χ0n) is 10.2. The van der Waals surface area contributed by atoms with Crippen molar-refractivity contribution in [2.45, 2.75) is 58.4 Å². The van der Waals surface area contributed by atoms with Gasteiger partial charge in [-0.3, -0.25) is 9.48 Å². The third-order valence-corrected chi connectivity index (χ3v) is 3.59. The van der Waals surface area contributed by atoms with Crippen LogP contribution in [0.2, 0.25) is 0 Å². The Balaban J connectivity index is 2.22. The van der Waals surface area contributed by atoms with Crippen molar-refractivity contribution in [3.63, 3.8) is 0 Å². The van der Waals surface area contributed by atoms with E-state index in [1.807, 2.05) is 6.92 Å². The molecule has 0 spiro atoms. The Labute approximate surface area is 96.8 Å². The van der Waals surface area contributed by atoms with E-state index >= 15 is 0 Å². The average Bonchev–Trinajstić information content (AvgIpc) is 2.50. The molecule has 1 fully saturated rings. The SMILES string of the molecule is CC(=O)c1cnn(C2CCCCCC2)c1C. The highest BCUT2D eigenvalue weighted by Gasteiger charge is 2.19. The molecule has 88 valence electrons. The van der Waals surface area contributed by atoms with Crippen molar-refractivity contribution >= 4 is 5.78 Å². The lowest BCUT2D eigenvalue weighted by molar-refractivity contribution is 0.101. The molecule has 0 N–H and O–H groups in total. The van der Waals surface area contributed by atoms with Crippen molar-refractivity contribution in [3.05, 3.63) is 17.5 Å². The molecular weight excluding hydrogens is 200 g/mol. The van der Waals surface area contributed by atoms with E-state index in [1.54, 1.807) is 13.1 Å². The second-order valence-corrected chi connectivity index (χ2v) is 4.79. The molecule has 0 aliphatic heterocycles. The second-order valence-electron chi connectivity index (χ2n) is 4.79. The Morgan fingerprint density at radius 1 is 1.31 bits per heavy atom. The number of nitrogens with zero attached hydrogens (tertiary/aromatic N) is 2. The van der Waals surface area contributed by atoms with Crippen LogP contribution in [-0.2, 0) is 0 Å². The van der Waals surface area contributed by atoms with Crippen molar-refractivity contribution in [2.75, 3.05) is 0 Å². The third-order valence-electron chi connectivity index (χ3n) is 3.59. The largest absolute Gasteiger partial charge is 0.294 e. The summed E-state index contributed by atoms with van der Waals surface area (Å²) in [4.78, 5) is 11.4. The molecule has 0 radical (unpaired) electrons.